The summed E-state index contributed by atoms with van der Waals surface area (Å²) in [7, 11) is 1.94. The van der Waals surface area contributed by atoms with Gasteiger partial charge in [-0.15, -0.1) is 0 Å². The third kappa shape index (κ3) is 6.20. The first-order valence-corrected chi connectivity index (χ1v) is 8.88. The maximum Gasteiger partial charge on any atom is 0.129 e. The summed E-state index contributed by atoms with van der Waals surface area (Å²) in [6.07, 6.45) is 4.34. The Morgan fingerprint density at radius 3 is 2.58 bits per heavy atom. The van der Waals surface area contributed by atoms with Crippen molar-refractivity contribution in [1.29, 1.82) is 0 Å². The van der Waals surface area contributed by atoms with Crippen LogP contribution >= 0.6 is 0 Å². The van der Waals surface area contributed by atoms with Crippen LogP contribution in [0.3, 0.4) is 0 Å². The minimum Gasteiger partial charge on any atom is -0.492 e. The molecule has 1 heterocycles. The van der Waals surface area contributed by atoms with Crippen molar-refractivity contribution in [3.63, 3.8) is 0 Å². The third-order valence-electron chi connectivity index (χ3n) is 3.98. The van der Waals surface area contributed by atoms with E-state index < -0.39 is 0 Å². The molecule has 1 aromatic heterocycles. The number of benzene rings is 1. The molecule has 0 aliphatic heterocycles. The van der Waals surface area contributed by atoms with E-state index in [0.717, 1.165) is 50.3 Å². The summed E-state index contributed by atoms with van der Waals surface area (Å²) in [5, 5.41) is 6.61. The first-order valence-electron chi connectivity index (χ1n) is 8.88. The highest BCUT2D eigenvalue weighted by Crippen LogP contribution is 2.14. The average molecular weight is 327 g/mol. The molecule has 2 N–H and O–H groups in total. The van der Waals surface area contributed by atoms with Crippen molar-refractivity contribution in [2.45, 2.75) is 32.6 Å². The van der Waals surface area contributed by atoms with E-state index in [1.165, 1.54) is 11.3 Å². The number of ether oxygens (including phenoxy) is 1. The first kappa shape index (κ1) is 18.3. The van der Waals surface area contributed by atoms with Gasteiger partial charge in [-0.2, -0.15) is 0 Å². The molecule has 0 unspecified atom stereocenters. The second-order valence-electron chi connectivity index (χ2n) is 5.78. The van der Waals surface area contributed by atoms with E-state index in [1.54, 1.807) is 0 Å². The lowest BCUT2D eigenvalue weighted by molar-refractivity contribution is 0.313. The number of pyridine rings is 1. The maximum absolute atomic E-state index is 5.65. The van der Waals surface area contributed by atoms with Crippen molar-refractivity contribution in [2.75, 3.05) is 32.1 Å². The van der Waals surface area contributed by atoms with Crippen molar-refractivity contribution in [3.05, 3.63) is 53.7 Å². The smallest absolute Gasteiger partial charge is 0.129 e. The van der Waals surface area contributed by atoms with Gasteiger partial charge in [-0.1, -0.05) is 31.2 Å². The number of aryl methyl sites for hydroxylation is 2. The minimum atomic E-state index is 0.704. The predicted octanol–water partition coefficient (Wildman–Crippen LogP) is 3.68. The fraction of sp³-hybridized carbons (Fsp3) is 0.450. The van der Waals surface area contributed by atoms with Gasteiger partial charge in [0, 0.05) is 19.3 Å². The molecular formula is C20H29N3O. The zero-order valence-electron chi connectivity index (χ0n) is 14.8. The number of rotatable bonds is 11. The van der Waals surface area contributed by atoms with Crippen LogP contribution < -0.4 is 15.4 Å². The molecule has 0 aliphatic rings. The van der Waals surface area contributed by atoms with E-state index >= 15 is 0 Å². The molecule has 0 amide bonds. The van der Waals surface area contributed by atoms with Gasteiger partial charge in [-0.3, -0.25) is 0 Å². The summed E-state index contributed by atoms with van der Waals surface area (Å²) in [4.78, 5) is 4.69. The van der Waals surface area contributed by atoms with Gasteiger partial charge in [0.1, 0.15) is 18.2 Å². The van der Waals surface area contributed by atoms with E-state index in [4.69, 9.17) is 9.72 Å². The van der Waals surface area contributed by atoms with Crippen molar-refractivity contribution >= 4 is 5.82 Å². The van der Waals surface area contributed by atoms with Gasteiger partial charge >= 0.3 is 0 Å². The van der Waals surface area contributed by atoms with Crippen LogP contribution in [-0.4, -0.2) is 31.7 Å². The van der Waals surface area contributed by atoms with Crippen LogP contribution in [0, 0.1) is 0 Å². The molecule has 4 nitrogen and oxygen atoms in total. The number of anilines is 1. The molecule has 2 aromatic rings. The Morgan fingerprint density at radius 1 is 1.00 bits per heavy atom. The summed E-state index contributed by atoms with van der Waals surface area (Å²) >= 11 is 0. The third-order valence-corrected chi connectivity index (χ3v) is 3.98. The predicted molar refractivity (Wildman–Crippen MR) is 101 cm³/mol. The van der Waals surface area contributed by atoms with Gasteiger partial charge < -0.3 is 15.4 Å². The first-order chi connectivity index (χ1) is 11.8. The molecule has 130 valence electrons. The topological polar surface area (TPSA) is 46.2 Å². The van der Waals surface area contributed by atoms with E-state index in [2.05, 4.69) is 29.7 Å². The summed E-state index contributed by atoms with van der Waals surface area (Å²) in [5.41, 5.74) is 2.45. The molecule has 0 saturated carbocycles. The number of nitrogens with one attached hydrogen (secondary N) is 2. The van der Waals surface area contributed by atoms with Crippen LogP contribution in [0.1, 0.15) is 31.0 Å². The van der Waals surface area contributed by atoms with Gasteiger partial charge in [0.25, 0.3) is 0 Å². The highest BCUT2D eigenvalue weighted by atomic mass is 16.5. The molecular weight excluding hydrogens is 298 g/mol. The SMILES string of the molecule is CCc1ccc(CCCCNCCOc2ccccc2)nc1NC. The average Bonchev–Trinajstić information content (AvgIpc) is 2.64. The molecule has 2 rings (SSSR count). The number of hydrogen-bond acceptors (Lipinski definition) is 4. The van der Waals surface area contributed by atoms with Crippen LogP contribution in [0.4, 0.5) is 5.82 Å². The lowest BCUT2D eigenvalue weighted by Crippen LogP contribution is -2.22. The van der Waals surface area contributed by atoms with E-state index in [9.17, 15) is 0 Å². The van der Waals surface area contributed by atoms with Crippen LogP contribution in [0.5, 0.6) is 5.75 Å². The fourth-order valence-electron chi connectivity index (χ4n) is 2.61. The standard InChI is InChI=1S/C20H29N3O/c1-3-17-12-13-18(23-20(17)21-2)9-7-8-14-22-15-16-24-19-10-5-4-6-11-19/h4-6,10-13,22H,3,7-9,14-16H2,1-2H3,(H,21,23). The Bertz CT molecular complexity index is 587. The number of hydrogen-bond donors (Lipinski definition) is 2. The van der Waals surface area contributed by atoms with Crippen LogP contribution in [0.2, 0.25) is 0 Å². The van der Waals surface area contributed by atoms with Gasteiger partial charge in [-0.25, -0.2) is 4.98 Å². The Hall–Kier alpha value is -2.07. The molecule has 0 spiro atoms. The van der Waals surface area contributed by atoms with Crippen molar-refractivity contribution in [1.82, 2.24) is 10.3 Å². The number of para-hydroxylation sites is 1. The largest absolute Gasteiger partial charge is 0.492 e. The molecule has 0 saturated heterocycles. The lowest BCUT2D eigenvalue weighted by atomic mass is 10.1. The van der Waals surface area contributed by atoms with Crippen molar-refractivity contribution < 1.29 is 4.74 Å². The van der Waals surface area contributed by atoms with Crippen LogP contribution in [0.15, 0.2) is 42.5 Å². The summed E-state index contributed by atoms with van der Waals surface area (Å²) in [6.45, 7) is 4.76. The Kier molecular flexibility index (Phi) is 8.11. The molecule has 0 radical (unpaired) electrons. The second-order valence-corrected chi connectivity index (χ2v) is 5.78. The Morgan fingerprint density at radius 2 is 1.83 bits per heavy atom. The lowest BCUT2D eigenvalue weighted by Gasteiger charge is -2.09. The summed E-state index contributed by atoms with van der Waals surface area (Å²) in [5.74, 6) is 1.95. The quantitative estimate of drug-likeness (QED) is 0.618. The van der Waals surface area contributed by atoms with Gasteiger partial charge in [0.15, 0.2) is 0 Å². The zero-order valence-corrected chi connectivity index (χ0v) is 14.8. The maximum atomic E-state index is 5.65. The minimum absolute atomic E-state index is 0.704. The fourth-order valence-corrected chi connectivity index (χ4v) is 2.61. The molecule has 1 aromatic carbocycles. The second kappa shape index (κ2) is 10.7. The molecule has 0 fully saturated rings. The Labute approximate surface area is 145 Å². The van der Waals surface area contributed by atoms with Gasteiger partial charge in [-0.05, 0) is 56.0 Å². The van der Waals surface area contributed by atoms with E-state index in [-0.39, 0.29) is 0 Å². The molecule has 4 heteroatoms. The highest BCUT2D eigenvalue weighted by molar-refractivity contribution is 5.44. The van der Waals surface area contributed by atoms with Gasteiger partial charge in [0.05, 0.1) is 0 Å². The molecule has 0 atom stereocenters. The van der Waals surface area contributed by atoms with E-state index in [1.807, 2.05) is 37.4 Å². The van der Waals surface area contributed by atoms with Crippen LogP contribution in [0.25, 0.3) is 0 Å². The normalized spacial score (nSPS) is 10.6. The summed E-state index contributed by atoms with van der Waals surface area (Å²) in [6, 6.07) is 14.3. The van der Waals surface area contributed by atoms with Gasteiger partial charge in [0.2, 0.25) is 0 Å². The molecule has 0 aliphatic carbocycles. The Balaban J connectivity index is 1.55. The van der Waals surface area contributed by atoms with Crippen molar-refractivity contribution in [3.8, 4) is 5.75 Å². The number of aromatic nitrogens is 1. The number of unbranched alkanes of at least 4 members (excludes halogenated alkanes) is 1. The van der Waals surface area contributed by atoms with E-state index in [0.29, 0.717) is 6.61 Å². The van der Waals surface area contributed by atoms with Crippen molar-refractivity contribution in [2.24, 2.45) is 0 Å². The number of nitrogens with zero attached hydrogens (tertiary/aromatic N) is 1. The molecule has 24 heavy (non-hydrogen) atoms. The summed E-state index contributed by atoms with van der Waals surface area (Å²) < 4.78 is 5.65. The highest BCUT2D eigenvalue weighted by Gasteiger charge is 2.02. The zero-order chi connectivity index (χ0) is 17.0. The monoisotopic (exact) mass is 327 g/mol. The van der Waals surface area contributed by atoms with Crippen LogP contribution in [-0.2, 0) is 12.8 Å². The molecule has 0 bridgehead atoms.